The van der Waals surface area contributed by atoms with Crippen LogP contribution in [0.3, 0.4) is 0 Å². The summed E-state index contributed by atoms with van der Waals surface area (Å²) in [7, 11) is -1.98. The normalized spacial score (nSPS) is 22.3. The highest BCUT2D eigenvalue weighted by Gasteiger charge is 2.32. The monoisotopic (exact) mass is 381 g/mol. The van der Waals surface area contributed by atoms with Gasteiger partial charge in [-0.05, 0) is 56.5 Å². The SMILES string of the molecule is COc1ccc(S(=O)(=O)N2CCC(C(=O)NCC3CCCN3)CC2)cc1. The van der Waals surface area contributed by atoms with Gasteiger partial charge < -0.3 is 15.4 Å². The summed E-state index contributed by atoms with van der Waals surface area (Å²) in [6.45, 7) is 2.41. The average Bonchev–Trinajstić information content (AvgIpc) is 3.20. The molecule has 1 amide bonds. The molecule has 2 aliphatic rings. The van der Waals surface area contributed by atoms with E-state index in [1.54, 1.807) is 31.4 Å². The van der Waals surface area contributed by atoms with Gasteiger partial charge in [-0.1, -0.05) is 0 Å². The smallest absolute Gasteiger partial charge is 0.243 e. The number of ether oxygens (including phenoxy) is 1. The molecule has 26 heavy (non-hydrogen) atoms. The molecule has 1 unspecified atom stereocenters. The molecule has 0 aromatic heterocycles. The van der Waals surface area contributed by atoms with Gasteiger partial charge in [0, 0.05) is 31.6 Å². The van der Waals surface area contributed by atoms with E-state index in [4.69, 9.17) is 4.74 Å². The molecule has 0 radical (unpaired) electrons. The molecular formula is C18H27N3O4S. The van der Waals surface area contributed by atoms with E-state index in [1.807, 2.05) is 0 Å². The third kappa shape index (κ3) is 4.36. The summed E-state index contributed by atoms with van der Waals surface area (Å²) in [5, 5.41) is 6.37. The first-order valence-electron chi connectivity index (χ1n) is 9.16. The Morgan fingerprint density at radius 1 is 1.23 bits per heavy atom. The maximum atomic E-state index is 12.7. The number of nitrogens with zero attached hydrogens (tertiary/aromatic N) is 1. The number of amides is 1. The van der Waals surface area contributed by atoms with E-state index in [2.05, 4.69) is 10.6 Å². The van der Waals surface area contributed by atoms with Crippen LogP contribution in [0.2, 0.25) is 0 Å². The van der Waals surface area contributed by atoms with Crippen molar-refractivity contribution in [2.75, 3.05) is 33.3 Å². The number of rotatable bonds is 6. The van der Waals surface area contributed by atoms with Crippen LogP contribution in [0.5, 0.6) is 5.75 Å². The average molecular weight is 381 g/mol. The lowest BCUT2D eigenvalue weighted by Crippen LogP contribution is -2.45. The summed E-state index contributed by atoms with van der Waals surface area (Å²) < 4.78 is 32.0. The van der Waals surface area contributed by atoms with Crippen molar-refractivity contribution in [3.63, 3.8) is 0 Å². The van der Waals surface area contributed by atoms with E-state index in [9.17, 15) is 13.2 Å². The predicted octanol–water partition coefficient (Wildman–Crippen LogP) is 0.964. The summed E-state index contributed by atoms with van der Waals surface area (Å²) >= 11 is 0. The molecule has 2 fully saturated rings. The maximum absolute atomic E-state index is 12.7. The van der Waals surface area contributed by atoms with Crippen LogP contribution in [-0.4, -0.2) is 58.0 Å². The fraction of sp³-hybridized carbons (Fsp3) is 0.611. The zero-order chi connectivity index (χ0) is 18.6. The van der Waals surface area contributed by atoms with Crippen molar-refractivity contribution in [2.45, 2.75) is 36.6 Å². The van der Waals surface area contributed by atoms with Gasteiger partial charge in [-0.25, -0.2) is 8.42 Å². The van der Waals surface area contributed by atoms with Crippen molar-refractivity contribution in [1.82, 2.24) is 14.9 Å². The molecule has 144 valence electrons. The number of nitrogens with one attached hydrogen (secondary N) is 2. The molecule has 2 N–H and O–H groups in total. The van der Waals surface area contributed by atoms with Gasteiger partial charge in [0.25, 0.3) is 0 Å². The van der Waals surface area contributed by atoms with Crippen LogP contribution in [0.25, 0.3) is 0 Å². The molecule has 1 atom stereocenters. The van der Waals surface area contributed by atoms with Crippen LogP contribution in [0.1, 0.15) is 25.7 Å². The highest BCUT2D eigenvalue weighted by atomic mass is 32.2. The lowest BCUT2D eigenvalue weighted by atomic mass is 9.97. The van der Waals surface area contributed by atoms with Crippen LogP contribution < -0.4 is 15.4 Å². The number of benzene rings is 1. The largest absolute Gasteiger partial charge is 0.497 e. The first-order valence-corrected chi connectivity index (χ1v) is 10.6. The second-order valence-corrected chi connectivity index (χ2v) is 8.83. The predicted molar refractivity (Wildman–Crippen MR) is 98.5 cm³/mol. The lowest BCUT2D eigenvalue weighted by Gasteiger charge is -2.30. The van der Waals surface area contributed by atoms with E-state index in [1.165, 1.54) is 4.31 Å². The van der Waals surface area contributed by atoms with Crippen molar-refractivity contribution in [2.24, 2.45) is 5.92 Å². The number of carbonyl (C=O) groups is 1. The zero-order valence-corrected chi connectivity index (χ0v) is 15.9. The number of hydrogen-bond acceptors (Lipinski definition) is 5. The van der Waals surface area contributed by atoms with Crippen LogP contribution in [0.15, 0.2) is 29.2 Å². The molecule has 0 aliphatic carbocycles. The number of sulfonamides is 1. The Morgan fingerprint density at radius 3 is 2.50 bits per heavy atom. The number of methoxy groups -OCH3 is 1. The summed E-state index contributed by atoms with van der Waals surface area (Å²) in [6, 6.07) is 6.77. The summed E-state index contributed by atoms with van der Waals surface area (Å²) in [4.78, 5) is 12.6. The Morgan fingerprint density at radius 2 is 1.92 bits per heavy atom. The van der Waals surface area contributed by atoms with E-state index >= 15 is 0 Å². The molecule has 1 aromatic rings. The van der Waals surface area contributed by atoms with Crippen molar-refractivity contribution < 1.29 is 17.9 Å². The van der Waals surface area contributed by atoms with Gasteiger partial charge >= 0.3 is 0 Å². The van der Waals surface area contributed by atoms with Gasteiger partial charge in [-0.3, -0.25) is 4.79 Å². The minimum Gasteiger partial charge on any atom is -0.497 e. The fourth-order valence-corrected chi connectivity index (χ4v) is 5.02. The molecule has 8 heteroatoms. The molecule has 0 spiro atoms. The Bertz CT molecular complexity index is 706. The molecule has 3 rings (SSSR count). The Balaban J connectivity index is 1.52. The zero-order valence-electron chi connectivity index (χ0n) is 15.1. The number of carbonyl (C=O) groups excluding carboxylic acids is 1. The van der Waals surface area contributed by atoms with Crippen molar-refractivity contribution in [3.05, 3.63) is 24.3 Å². The van der Waals surface area contributed by atoms with E-state index in [-0.39, 0.29) is 16.7 Å². The van der Waals surface area contributed by atoms with E-state index in [0.29, 0.717) is 44.3 Å². The van der Waals surface area contributed by atoms with Crippen molar-refractivity contribution >= 4 is 15.9 Å². The molecule has 1 aromatic carbocycles. The van der Waals surface area contributed by atoms with E-state index in [0.717, 1.165) is 19.4 Å². The van der Waals surface area contributed by atoms with Gasteiger partial charge in [-0.15, -0.1) is 0 Å². The first-order chi connectivity index (χ1) is 12.5. The highest BCUT2D eigenvalue weighted by molar-refractivity contribution is 7.89. The standard InChI is InChI=1S/C18H27N3O4S/c1-25-16-4-6-17(7-5-16)26(23,24)21-11-8-14(9-12-21)18(22)20-13-15-3-2-10-19-15/h4-7,14-15,19H,2-3,8-13H2,1H3,(H,20,22). The van der Waals surface area contributed by atoms with Gasteiger partial charge in [0.2, 0.25) is 15.9 Å². The highest BCUT2D eigenvalue weighted by Crippen LogP contribution is 2.25. The summed E-state index contributed by atoms with van der Waals surface area (Å²) in [6.07, 6.45) is 3.36. The lowest BCUT2D eigenvalue weighted by molar-refractivity contribution is -0.126. The topological polar surface area (TPSA) is 87.7 Å². The molecule has 2 heterocycles. The Kier molecular flexibility index (Phi) is 6.16. The minimum absolute atomic E-state index is 0.0418. The molecule has 2 aliphatic heterocycles. The first kappa shape index (κ1) is 19.1. The van der Waals surface area contributed by atoms with Gasteiger partial charge in [0.05, 0.1) is 12.0 Å². The molecule has 2 saturated heterocycles. The Labute approximate surface area is 155 Å². The molecule has 0 bridgehead atoms. The van der Waals surface area contributed by atoms with Gasteiger partial charge in [0.1, 0.15) is 5.75 Å². The fourth-order valence-electron chi connectivity index (χ4n) is 3.55. The minimum atomic E-state index is -3.53. The maximum Gasteiger partial charge on any atom is 0.243 e. The van der Waals surface area contributed by atoms with Crippen LogP contribution in [-0.2, 0) is 14.8 Å². The van der Waals surface area contributed by atoms with Gasteiger partial charge in [-0.2, -0.15) is 4.31 Å². The molecule has 0 saturated carbocycles. The number of piperidine rings is 1. The van der Waals surface area contributed by atoms with Crippen LogP contribution in [0.4, 0.5) is 0 Å². The van der Waals surface area contributed by atoms with Gasteiger partial charge in [0.15, 0.2) is 0 Å². The van der Waals surface area contributed by atoms with Crippen molar-refractivity contribution in [3.8, 4) is 5.75 Å². The third-order valence-electron chi connectivity index (χ3n) is 5.21. The molecular weight excluding hydrogens is 354 g/mol. The van der Waals surface area contributed by atoms with Crippen LogP contribution >= 0.6 is 0 Å². The molecule has 7 nitrogen and oxygen atoms in total. The second kappa shape index (κ2) is 8.37. The van der Waals surface area contributed by atoms with Crippen molar-refractivity contribution in [1.29, 1.82) is 0 Å². The van der Waals surface area contributed by atoms with E-state index < -0.39 is 10.0 Å². The summed E-state index contributed by atoms with van der Waals surface area (Å²) in [5.41, 5.74) is 0. The quantitative estimate of drug-likeness (QED) is 0.767. The van der Waals surface area contributed by atoms with Crippen LogP contribution in [0, 0.1) is 5.92 Å². The second-order valence-electron chi connectivity index (χ2n) is 6.89. The summed E-state index contributed by atoms with van der Waals surface area (Å²) in [5.74, 6) is 0.551. The Hall–Kier alpha value is -1.64. The number of hydrogen-bond donors (Lipinski definition) is 2. The third-order valence-corrected chi connectivity index (χ3v) is 7.12.